The second-order valence-electron chi connectivity index (χ2n) is 2.91. The van der Waals surface area contributed by atoms with Crippen molar-refractivity contribution >= 4 is 12.2 Å². The minimum Gasteiger partial charge on any atom is -0.305 e. The Balaban J connectivity index is 3.93. The predicted octanol–water partition coefficient (Wildman–Crippen LogP) is 0.370. The summed E-state index contributed by atoms with van der Waals surface area (Å²) in [6, 6.07) is 0. The molecule has 0 aliphatic carbocycles. The average Bonchev–Trinajstić information content (AvgIpc) is 2.20. The van der Waals surface area contributed by atoms with Gasteiger partial charge in [0.1, 0.15) is 0 Å². The van der Waals surface area contributed by atoms with Gasteiger partial charge in [0.25, 0.3) is 0 Å². The van der Waals surface area contributed by atoms with Crippen LogP contribution in [-0.2, 0) is 14.1 Å². The van der Waals surface area contributed by atoms with Gasteiger partial charge >= 0.3 is 11.1 Å². The third-order valence-corrected chi connectivity index (χ3v) is 2.16. The van der Waals surface area contributed by atoms with Crippen molar-refractivity contribution < 1.29 is 0 Å². The number of rotatable bonds is 2. The first-order chi connectivity index (χ1) is 6.54. The van der Waals surface area contributed by atoms with Crippen LogP contribution >= 0.6 is 0 Å². The molecule has 0 aromatic carbocycles. The molecule has 74 valence electrons. The van der Waals surface area contributed by atoms with Crippen LogP contribution in [0.2, 0.25) is 0 Å². The third-order valence-electron chi connectivity index (χ3n) is 2.16. The number of aromatic nitrogens is 2. The molecule has 0 amide bonds. The molecule has 1 aromatic rings. The van der Waals surface area contributed by atoms with Gasteiger partial charge in [-0.3, -0.25) is 9.59 Å². The van der Waals surface area contributed by atoms with Gasteiger partial charge in [0.05, 0.1) is 11.4 Å². The lowest BCUT2D eigenvalue weighted by Gasteiger charge is -2.10. The second kappa shape index (κ2) is 3.49. The first-order valence-corrected chi connectivity index (χ1v) is 4.09. The summed E-state index contributed by atoms with van der Waals surface area (Å²) in [4.78, 5) is 22.8. The van der Waals surface area contributed by atoms with E-state index in [1.54, 1.807) is 0 Å². The lowest BCUT2D eigenvalue weighted by atomic mass is 10.2. The summed E-state index contributed by atoms with van der Waals surface area (Å²) in [6.07, 6.45) is 3.05. The Morgan fingerprint density at radius 1 is 0.929 bits per heavy atom. The molecule has 0 spiro atoms. The predicted molar refractivity (Wildman–Crippen MR) is 57.1 cm³/mol. The Labute approximate surface area is 81.4 Å². The first kappa shape index (κ1) is 10.2. The van der Waals surface area contributed by atoms with Gasteiger partial charge in [-0.05, 0) is 12.2 Å². The molecule has 0 saturated carbocycles. The van der Waals surface area contributed by atoms with Crippen LogP contribution in [0.1, 0.15) is 11.4 Å². The van der Waals surface area contributed by atoms with Crippen LogP contribution in [0.15, 0.2) is 22.7 Å². The molecule has 4 heteroatoms. The Bertz CT molecular complexity index is 459. The molecule has 0 bridgehead atoms. The van der Waals surface area contributed by atoms with E-state index in [9.17, 15) is 9.59 Å². The summed E-state index contributed by atoms with van der Waals surface area (Å²) in [7, 11) is 3.07. The molecule has 0 unspecified atom stereocenters. The summed E-state index contributed by atoms with van der Waals surface area (Å²) >= 11 is 0. The van der Waals surface area contributed by atoms with Crippen LogP contribution in [0.3, 0.4) is 0 Å². The fourth-order valence-corrected chi connectivity index (χ4v) is 1.33. The fourth-order valence-electron chi connectivity index (χ4n) is 1.33. The van der Waals surface area contributed by atoms with Gasteiger partial charge in [-0.2, -0.15) is 0 Å². The molecular formula is C10H12N2O2. The highest BCUT2D eigenvalue weighted by Gasteiger charge is 2.09. The molecule has 4 nitrogen and oxygen atoms in total. The maximum atomic E-state index is 11.4. The van der Waals surface area contributed by atoms with Crippen LogP contribution in [0.5, 0.6) is 0 Å². The largest absolute Gasteiger partial charge is 0.316 e. The maximum Gasteiger partial charge on any atom is 0.316 e. The van der Waals surface area contributed by atoms with Crippen molar-refractivity contribution in [3.8, 4) is 0 Å². The molecule has 0 fully saturated rings. The summed E-state index contributed by atoms with van der Waals surface area (Å²) in [5, 5.41) is 0. The Morgan fingerprint density at radius 3 is 1.43 bits per heavy atom. The van der Waals surface area contributed by atoms with E-state index in [0.29, 0.717) is 11.4 Å². The monoisotopic (exact) mass is 192 g/mol. The van der Waals surface area contributed by atoms with Crippen LogP contribution in [0, 0.1) is 0 Å². The summed E-state index contributed by atoms with van der Waals surface area (Å²) in [5.41, 5.74) is 0.0557. The minimum absolute atomic E-state index is 0.562. The van der Waals surface area contributed by atoms with Crippen LogP contribution in [0.25, 0.3) is 12.2 Å². The van der Waals surface area contributed by atoms with Gasteiger partial charge in [-0.1, -0.05) is 13.2 Å². The first-order valence-electron chi connectivity index (χ1n) is 4.09. The van der Waals surface area contributed by atoms with E-state index >= 15 is 0 Å². The lowest BCUT2D eigenvalue weighted by Crippen LogP contribution is -2.41. The quantitative estimate of drug-likeness (QED) is 0.635. The van der Waals surface area contributed by atoms with Gasteiger partial charge in [0.2, 0.25) is 0 Å². The highest BCUT2D eigenvalue weighted by Crippen LogP contribution is 2.05. The molecule has 0 N–H and O–H groups in total. The third kappa shape index (κ3) is 1.25. The lowest BCUT2D eigenvalue weighted by molar-refractivity contribution is 0.729. The van der Waals surface area contributed by atoms with Crippen LogP contribution in [0.4, 0.5) is 0 Å². The number of nitrogens with zero attached hydrogens (tertiary/aromatic N) is 2. The Morgan fingerprint density at radius 2 is 1.21 bits per heavy atom. The highest BCUT2D eigenvalue weighted by molar-refractivity contribution is 5.57. The van der Waals surface area contributed by atoms with Crippen molar-refractivity contribution in [2.24, 2.45) is 14.1 Å². The van der Waals surface area contributed by atoms with Gasteiger partial charge in [-0.15, -0.1) is 0 Å². The van der Waals surface area contributed by atoms with Crippen molar-refractivity contribution in [1.29, 1.82) is 0 Å². The van der Waals surface area contributed by atoms with Gasteiger partial charge in [0, 0.05) is 14.1 Å². The zero-order valence-electron chi connectivity index (χ0n) is 8.28. The van der Waals surface area contributed by atoms with Crippen LogP contribution in [-0.4, -0.2) is 9.13 Å². The van der Waals surface area contributed by atoms with E-state index < -0.39 is 11.1 Å². The van der Waals surface area contributed by atoms with Crippen molar-refractivity contribution in [2.75, 3.05) is 0 Å². The molecular weight excluding hydrogens is 180 g/mol. The van der Waals surface area contributed by atoms with Crippen molar-refractivity contribution in [2.45, 2.75) is 0 Å². The molecule has 1 heterocycles. The Hall–Kier alpha value is -1.84. The molecule has 0 atom stereocenters. The zero-order chi connectivity index (χ0) is 10.9. The summed E-state index contributed by atoms with van der Waals surface area (Å²) in [6.45, 7) is 7.18. The van der Waals surface area contributed by atoms with Crippen LogP contribution < -0.4 is 11.1 Å². The molecule has 0 radical (unpaired) electrons. The fraction of sp³-hybridized carbons (Fsp3) is 0.200. The molecule has 0 saturated heterocycles. The highest BCUT2D eigenvalue weighted by atomic mass is 16.2. The smallest absolute Gasteiger partial charge is 0.305 e. The molecule has 1 aromatic heterocycles. The Kier molecular flexibility index (Phi) is 2.56. The van der Waals surface area contributed by atoms with Crippen molar-refractivity contribution in [3.63, 3.8) is 0 Å². The van der Waals surface area contributed by atoms with Crippen molar-refractivity contribution in [3.05, 3.63) is 45.3 Å². The van der Waals surface area contributed by atoms with Gasteiger partial charge in [-0.25, -0.2) is 0 Å². The molecule has 0 aliphatic rings. The number of hydrogen-bond acceptors (Lipinski definition) is 2. The van der Waals surface area contributed by atoms with Crippen molar-refractivity contribution in [1.82, 2.24) is 9.13 Å². The molecule has 14 heavy (non-hydrogen) atoms. The minimum atomic E-state index is -0.562. The molecule has 0 aliphatic heterocycles. The standard InChI is InChI=1S/C10H12N2O2/c1-5-7-8(6-2)12(4)10(14)9(13)11(7)3/h5-6H,1-2H2,3-4H3. The molecule has 1 rings (SSSR count). The second-order valence-corrected chi connectivity index (χ2v) is 2.91. The summed E-state index contributed by atoms with van der Waals surface area (Å²) < 4.78 is 2.54. The van der Waals surface area contributed by atoms with Gasteiger partial charge in [0.15, 0.2) is 0 Å². The van der Waals surface area contributed by atoms with E-state index in [2.05, 4.69) is 13.2 Å². The average molecular weight is 192 g/mol. The maximum absolute atomic E-state index is 11.4. The van der Waals surface area contributed by atoms with E-state index in [0.717, 1.165) is 0 Å². The summed E-state index contributed by atoms with van der Waals surface area (Å²) in [5.74, 6) is 0. The normalized spacial score (nSPS) is 9.86. The van der Waals surface area contributed by atoms with E-state index in [-0.39, 0.29) is 0 Å². The number of hydrogen-bond donors (Lipinski definition) is 0. The van der Waals surface area contributed by atoms with Gasteiger partial charge < -0.3 is 9.13 Å². The van der Waals surface area contributed by atoms with E-state index in [1.165, 1.54) is 35.4 Å². The SMILES string of the molecule is C=Cc1c(C=C)n(C)c(=O)c(=O)n1C. The topological polar surface area (TPSA) is 44.0 Å². The zero-order valence-corrected chi connectivity index (χ0v) is 8.28. The van der Waals surface area contributed by atoms with E-state index in [4.69, 9.17) is 0 Å². The van der Waals surface area contributed by atoms with E-state index in [1.807, 2.05) is 0 Å².